The first-order valence-corrected chi connectivity index (χ1v) is 15.2. The van der Waals surface area contributed by atoms with E-state index in [0.717, 1.165) is 9.80 Å². The molecule has 0 aliphatic rings. The fourth-order valence-electron chi connectivity index (χ4n) is 2.44. The molecule has 0 atom stereocenters. The second-order valence-corrected chi connectivity index (χ2v) is 12.9. The molecule has 18 heteroatoms. The summed E-state index contributed by atoms with van der Waals surface area (Å²) < 4.78 is 44.1. The molecule has 0 spiro atoms. The summed E-state index contributed by atoms with van der Waals surface area (Å²) in [6.45, 7) is 0.0375. The Kier molecular flexibility index (Phi) is 12.0. The second-order valence-electron chi connectivity index (χ2n) is 6.43. The Labute approximate surface area is 162 Å². The van der Waals surface area contributed by atoms with Crippen LogP contribution in [-0.2, 0) is 18.3 Å². The van der Waals surface area contributed by atoms with Gasteiger partial charge in [0.05, 0.1) is 0 Å². The van der Waals surface area contributed by atoms with E-state index >= 15 is 0 Å². The highest BCUT2D eigenvalue weighted by Crippen LogP contribution is 2.42. The molecule has 0 aromatic carbocycles. The maximum atomic E-state index is 11.0. The zero-order chi connectivity index (χ0) is 22.2. The number of nitrogens with zero attached hydrogens (tertiary/aromatic N) is 2. The smallest absolute Gasteiger partial charge is 0.324 e. The lowest BCUT2D eigenvalue weighted by molar-refractivity contribution is 0.264. The van der Waals surface area contributed by atoms with E-state index in [0.29, 0.717) is 25.7 Å². The average Bonchev–Trinajstić information content (AvgIpc) is 2.34. The van der Waals surface area contributed by atoms with Crippen LogP contribution in [0.2, 0.25) is 0 Å². The van der Waals surface area contributed by atoms with Gasteiger partial charge < -0.3 is 39.1 Å². The summed E-state index contributed by atoms with van der Waals surface area (Å²) >= 11 is 0. The Balaban J connectivity index is 4.41. The van der Waals surface area contributed by atoms with Gasteiger partial charge in [0.15, 0.2) is 0 Å². The van der Waals surface area contributed by atoms with Crippen molar-refractivity contribution >= 4 is 30.4 Å². The Bertz CT molecular complexity index is 547. The fraction of sp³-hybridized carbons (Fsp3) is 1.00. The van der Waals surface area contributed by atoms with Gasteiger partial charge in [-0.1, -0.05) is 12.8 Å². The molecule has 0 amide bonds. The normalized spacial score (nSPS) is 14.2. The van der Waals surface area contributed by atoms with E-state index in [9.17, 15) is 18.3 Å². The van der Waals surface area contributed by atoms with Gasteiger partial charge in [0.2, 0.25) is 0 Å². The van der Waals surface area contributed by atoms with Crippen LogP contribution >= 0.6 is 30.4 Å². The highest BCUT2D eigenvalue weighted by molar-refractivity contribution is 7.53. The summed E-state index contributed by atoms with van der Waals surface area (Å²) in [4.78, 5) is 73.6. The van der Waals surface area contributed by atoms with Crippen LogP contribution < -0.4 is 0 Å². The summed E-state index contributed by atoms with van der Waals surface area (Å²) in [5, 5.41) is 0. The van der Waals surface area contributed by atoms with Crippen molar-refractivity contribution in [1.82, 2.24) is 9.80 Å². The monoisotopic (exact) mass is 492 g/mol. The van der Waals surface area contributed by atoms with Crippen molar-refractivity contribution in [2.24, 2.45) is 0 Å². The van der Waals surface area contributed by atoms with Crippen molar-refractivity contribution in [2.45, 2.75) is 25.7 Å². The summed E-state index contributed by atoms with van der Waals surface area (Å²) in [7, 11) is -18.0. The third-order valence-electron chi connectivity index (χ3n) is 3.24. The number of hydrogen-bond acceptors (Lipinski definition) is 6. The largest absolute Gasteiger partial charge is 0.339 e. The predicted molar refractivity (Wildman–Crippen MR) is 99.5 cm³/mol. The summed E-state index contributed by atoms with van der Waals surface area (Å²) in [6.07, 6.45) is -1.55. The van der Waals surface area contributed by atoms with Crippen LogP contribution in [0, 0.1) is 0 Å². The van der Waals surface area contributed by atoms with Crippen LogP contribution in [-0.4, -0.2) is 87.2 Å². The number of unbranched alkanes of at least 4 members (excludes halogenated alkanes) is 3. The Morgan fingerprint density at radius 1 is 0.429 bits per heavy atom. The molecule has 0 aromatic rings. The highest BCUT2D eigenvalue weighted by atomic mass is 31.2. The maximum Gasteiger partial charge on any atom is 0.339 e. The van der Waals surface area contributed by atoms with Gasteiger partial charge in [-0.3, -0.25) is 28.1 Å². The molecule has 0 saturated carbocycles. The van der Waals surface area contributed by atoms with Crippen LogP contribution in [0.25, 0.3) is 0 Å². The molecule has 8 N–H and O–H groups in total. The van der Waals surface area contributed by atoms with Gasteiger partial charge in [0.25, 0.3) is 0 Å². The molecule has 0 fully saturated rings. The molecular weight excluding hydrogens is 464 g/mol. The van der Waals surface area contributed by atoms with E-state index < -0.39 is 55.5 Å². The molecule has 0 bridgehead atoms. The summed E-state index contributed by atoms with van der Waals surface area (Å²) in [6, 6.07) is 0. The van der Waals surface area contributed by atoms with Crippen LogP contribution in [0.4, 0.5) is 0 Å². The van der Waals surface area contributed by atoms with Crippen LogP contribution in [0.5, 0.6) is 0 Å². The lowest BCUT2D eigenvalue weighted by Gasteiger charge is -2.23. The van der Waals surface area contributed by atoms with Crippen LogP contribution in [0.3, 0.4) is 0 Å². The van der Waals surface area contributed by atoms with Crippen molar-refractivity contribution in [3.8, 4) is 0 Å². The minimum atomic E-state index is -4.49. The Morgan fingerprint density at radius 3 is 0.821 bits per heavy atom. The topological polar surface area (TPSA) is 237 Å². The van der Waals surface area contributed by atoms with E-state index in [2.05, 4.69) is 0 Å². The molecule has 28 heavy (non-hydrogen) atoms. The molecule has 0 saturated heterocycles. The molecular formula is C10H28N2O12P4. The van der Waals surface area contributed by atoms with E-state index in [1.54, 1.807) is 0 Å². The van der Waals surface area contributed by atoms with E-state index in [4.69, 9.17) is 39.1 Å². The maximum absolute atomic E-state index is 11.0. The standard InChI is InChI=1S/C10H28N2O12P4/c13-25(14,15)7-11(8-26(16,17)18)5-3-1-2-4-6-12(9-27(19,20)21)10-28(22,23)24/h1-10H2,(H2,13,14,15)(H2,16,17,18)(H2,19,20,21)(H2,22,23,24). The van der Waals surface area contributed by atoms with Crippen molar-refractivity contribution in [3.05, 3.63) is 0 Å². The molecule has 0 aromatic heterocycles. The molecule has 0 aliphatic heterocycles. The summed E-state index contributed by atoms with van der Waals surface area (Å²) in [5.41, 5.74) is 0. The first kappa shape index (κ1) is 28.5. The highest BCUT2D eigenvalue weighted by Gasteiger charge is 2.26. The lowest BCUT2D eigenvalue weighted by atomic mass is 10.2. The predicted octanol–water partition coefficient (Wildman–Crippen LogP) is -0.308. The molecule has 0 aliphatic carbocycles. The minimum Gasteiger partial charge on any atom is -0.324 e. The van der Waals surface area contributed by atoms with Gasteiger partial charge in [-0.2, -0.15) is 0 Å². The second kappa shape index (κ2) is 11.8. The minimum absolute atomic E-state index is 0.0187. The van der Waals surface area contributed by atoms with Gasteiger partial charge in [-0.05, 0) is 25.9 Å². The van der Waals surface area contributed by atoms with Gasteiger partial charge in [-0.25, -0.2) is 0 Å². The van der Waals surface area contributed by atoms with E-state index in [-0.39, 0.29) is 13.1 Å². The Morgan fingerprint density at radius 2 is 0.643 bits per heavy atom. The fourth-order valence-corrected chi connectivity index (χ4v) is 5.80. The average molecular weight is 492 g/mol. The number of hydrogen-bond donors (Lipinski definition) is 8. The molecule has 0 rings (SSSR count). The van der Waals surface area contributed by atoms with Gasteiger partial charge in [-0.15, -0.1) is 0 Å². The molecule has 0 unspecified atom stereocenters. The van der Waals surface area contributed by atoms with Crippen LogP contribution in [0.1, 0.15) is 25.7 Å². The molecule has 0 radical (unpaired) electrons. The zero-order valence-corrected chi connectivity index (χ0v) is 18.5. The van der Waals surface area contributed by atoms with E-state index in [1.165, 1.54) is 0 Å². The molecule has 14 nitrogen and oxygen atoms in total. The van der Waals surface area contributed by atoms with Gasteiger partial charge >= 0.3 is 30.4 Å². The van der Waals surface area contributed by atoms with Crippen molar-refractivity contribution in [3.63, 3.8) is 0 Å². The molecule has 0 heterocycles. The van der Waals surface area contributed by atoms with Crippen molar-refractivity contribution in [2.75, 3.05) is 38.2 Å². The van der Waals surface area contributed by atoms with Crippen molar-refractivity contribution < 1.29 is 57.4 Å². The first-order chi connectivity index (χ1) is 12.4. The van der Waals surface area contributed by atoms with Crippen molar-refractivity contribution in [1.29, 1.82) is 0 Å². The quantitative estimate of drug-likeness (QED) is 0.108. The SMILES string of the molecule is O=P(O)(O)CN(CCCCCCN(CP(=O)(O)O)CP(=O)(O)O)CP(=O)(O)O. The first-order valence-electron chi connectivity index (χ1n) is 7.99. The van der Waals surface area contributed by atoms with Crippen LogP contribution in [0.15, 0.2) is 0 Å². The van der Waals surface area contributed by atoms with Gasteiger partial charge in [0, 0.05) is 0 Å². The van der Waals surface area contributed by atoms with Gasteiger partial charge in [0.1, 0.15) is 25.1 Å². The Hall–Kier alpha value is 0.520. The molecule has 170 valence electrons. The lowest BCUT2D eigenvalue weighted by Crippen LogP contribution is -2.28. The van der Waals surface area contributed by atoms with E-state index in [1.807, 2.05) is 0 Å². The number of rotatable bonds is 15. The third-order valence-corrected chi connectivity index (χ3v) is 6.31. The third kappa shape index (κ3) is 19.8. The summed E-state index contributed by atoms with van der Waals surface area (Å²) in [5.74, 6) is 0. The zero-order valence-electron chi connectivity index (χ0n) is 15.0.